The summed E-state index contributed by atoms with van der Waals surface area (Å²) in [6, 6.07) is 4.31. The molecule has 0 aromatic carbocycles. The van der Waals surface area contributed by atoms with E-state index < -0.39 is 5.97 Å². The second kappa shape index (κ2) is 9.07. The fourth-order valence-electron chi connectivity index (χ4n) is 7.18. The zero-order chi connectivity index (χ0) is 21.5. The van der Waals surface area contributed by atoms with Crippen molar-refractivity contribution in [2.24, 2.45) is 28.6 Å². The van der Waals surface area contributed by atoms with Gasteiger partial charge in [-0.1, -0.05) is 37.6 Å². The van der Waals surface area contributed by atoms with Gasteiger partial charge in [0.25, 0.3) is 5.97 Å². The van der Waals surface area contributed by atoms with Crippen LogP contribution in [0.5, 0.6) is 0 Å². The molecule has 5 rings (SSSR count). The Morgan fingerprint density at radius 2 is 1.81 bits per heavy atom. The molecule has 2 saturated carbocycles. The predicted molar refractivity (Wildman–Crippen MR) is 126 cm³/mol. The summed E-state index contributed by atoms with van der Waals surface area (Å²) in [6.07, 6.45) is 17.0. The number of rotatable bonds is 1. The zero-order valence-corrected chi connectivity index (χ0v) is 19.7. The number of carbonyl (C=O) groups is 1. The molecule has 0 radical (unpaired) electrons. The molecule has 4 nitrogen and oxygen atoms in total. The summed E-state index contributed by atoms with van der Waals surface area (Å²) >= 11 is 0. The first-order valence-corrected chi connectivity index (χ1v) is 11.4. The number of halogens is 1. The van der Waals surface area contributed by atoms with Crippen LogP contribution in [0, 0.1) is 28.6 Å². The molecule has 4 aliphatic carbocycles. The van der Waals surface area contributed by atoms with E-state index in [-0.39, 0.29) is 18.5 Å². The van der Waals surface area contributed by atoms with Crippen molar-refractivity contribution in [2.45, 2.75) is 71.8 Å². The van der Waals surface area contributed by atoms with E-state index >= 15 is 0 Å². The Morgan fingerprint density at radius 3 is 2.48 bits per heavy atom. The van der Waals surface area contributed by atoms with Gasteiger partial charge < -0.3 is 10.2 Å². The number of carboxylic acids is 1. The number of aromatic nitrogens is 1. The molecule has 0 spiro atoms. The molecule has 2 N–H and O–H groups in total. The molecule has 0 unspecified atom stereocenters. The highest BCUT2D eigenvalue weighted by Crippen LogP contribution is 2.66. The minimum Gasteiger partial charge on any atom is -0.481 e. The van der Waals surface area contributed by atoms with Crippen LogP contribution in [0.25, 0.3) is 5.57 Å². The quantitative estimate of drug-likeness (QED) is 0.527. The van der Waals surface area contributed by atoms with Gasteiger partial charge in [-0.05, 0) is 90.7 Å². The first-order chi connectivity index (χ1) is 14.3. The van der Waals surface area contributed by atoms with Crippen LogP contribution in [0.2, 0.25) is 0 Å². The highest BCUT2D eigenvalue weighted by Gasteiger charge is 2.56. The van der Waals surface area contributed by atoms with E-state index in [1.807, 2.05) is 12.4 Å². The molecule has 1 aromatic rings. The average Bonchev–Trinajstić information content (AvgIpc) is 3.06. The number of fused-ring (bicyclic) bond motifs is 5. The minimum atomic E-state index is -0.833. The van der Waals surface area contributed by atoms with Crippen molar-refractivity contribution < 1.29 is 15.0 Å². The number of allylic oxidation sites excluding steroid dienone is 3. The van der Waals surface area contributed by atoms with Gasteiger partial charge in [0.15, 0.2) is 0 Å². The lowest BCUT2D eigenvalue weighted by Crippen LogP contribution is -2.49. The summed E-state index contributed by atoms with van der Waals surface area (Å²) in [7, 11) is 0. The lowest BCUT2D eigenvalue weighted by molar-refractivity contribution is -0.134. The number of aliphatic hydroxyl groups is 1. The Balaban J connectivity index is 0.000000504. The van der Waals surface area contributed by atoms with E-state index in [4.69, 9.17) is 9.90 Å². The molecule has 1 heterocycles. The molecule has 5 heteroatoms. The number of hydrogen-bond donors (Lipinski definition) is 2. The van der Waals surface area contributed by atoms with Gasteiger partial charge in [-0.15, -0.1) is 12.4 Å². The van der Waals surface area contributed by atoms with Crippen molar-refractivity contribution in [3.63, 3.8) is 0 Å². The maximum Gasteiger partial charge on any atom is 0.300 e. The molecule has 2 fully saturated rings. The Hall–Kier alpha value is -1.65. The number of nitrogens with zero attached hydrogens (tertiary/aromatic N) is 1. The van der Waals surface area contributed by atoms with Crippen molar-refractivity contribution in [3.8, 4) is 0 Å². The smallest absolute Gasteiger partial charge is 0.300 e. The second-order valence-corrected chi connectivity index (χ2v) is 10.2. The first kappa shape index (κ1) is 24.0. The van der Waals surface area contributed by atoms with Crippen LogP contribution in [-0.2, 0) is 4.79 Å². The molecule has 6 atom stereocenters. The van der Waals surface area contributed by atoms with Crippen molar-refractivity contribution in [1.29, 1.82) is 0 Å². The molecule has 1 aromatic heterocycles. The lowest BCUT2D eigenvalue weighted by atomic mass is 9.47. The molecule has 0 amide bonds. The number of aliphatic hydroxyl groups excluding tert-OH is 1. The first-order valence-electron chi connectivity index (χ1n) is 11.4. The number of hydrogen-bond acceptors (Lipinski definition) is 3. The minimum absolute atomic E-state index is 0. The van der Waals surface area contributed by atoms with Crippen LogP contribution >= 0.6 is 12.4 Å². The molecule has 0 saturated heterocycles. The largest absolute Gasteiger partial charge is 0.481 e. The zero-order valence-electron chi connectivity index (χ0n) is 18.9. The van der Waals surface area contributed by atoms with E-state index in [0.29, 0.717) is 10.8 Å². The molecular formula is C26H36ClNO3. The van der Waals surface area contributed by atoms with Crippen molar-refractivity contribution in [2.75, 3.05) is 0 Å². The van der Waals surface area contributed by atoms with E-state index in [9.17, 15) is 5.11 Å². The third kappa shape index (κ3) is 4.21. The third-order valence-electron chi connectivity index (χ3n) is 8.63. The standard InChI is InChI=1S/C24H31NO.C2H4O2.ClH/c1-23-11-9-18(26)14-17(23)5-6-19-21-8-7-20(16-4-3-13-25-15-16)24(21,2)12-10-22(19)23;1-2(3)4;/h3-5,7,13,15,18-19,21-22,26H,6,8-12,14H2,1-2H3;1H3,(H,3,4);1H/t18-,19-,21-,22-,23-,24+;;/m0../s1. The maximum atomic E-state index is 10.2. The van der Waals surface area contributed by atoms with Gasteiger partial charge in [0.2, 0.25) is 0 Å². The number of pyridine rings is 1. The highest BCUT2D eigenvalue weighted by molar-refractivity contribution is 5.85. The van der Waals surface area contributed by atoms with Gasteiger partial charge in [-0.2, -0.15) is 0 Å². The Bertz CT molecular complexity index is 863. The second-order valence-electron chi connectivity index (χ2n) is 10.2. The Labute approximate surface area is 192 Å². The number of carboxylic acid groups (broad SMARTS) is 1. The highest BCUT2D eigenvalue weighted by atomic mass is 35.5. The van der Waals surface area contributed by atoms with E-state index in [1.54, 1.807) is 11.1 Å². The van der Waals surface area contributed by atoms with Crippen molar-refractivity contribution in [3.05, 3.63) is 47.8 Å². The fraction of sp³-hybridized carbons (Fsp3) is 0.615. The van der Waals surface area contributed by atoms with E-state index in [2.05, 4.69) is 43.1 Å². The van der Waals surface area contributed by atoms with Gasteiger partial charge in [0.05, 0.1) is 6.10 Å². The SMILES string of the molecule is CC(=O)O.C[C@]12CC[C@H](O)CC1=CC[C@@H]1[C@@H]2CC[C@]2(C)C(c3cccnc3)=CC[C@@H]12.Cl. The summed E-state index contributed by atoms with van der Waals surface area (Å²) in [5.41, 5.74) is 5.09. The summed E-state index contributed by atoms with van der Waals surface area (Å²) in [5, 5.41) is 17.6. The van der Waals surface area contributed by atoms with Gasteiger partial charge in [0.1, 0.15) is 0 Å². The lowest BCUT2D eigenvalue weighted by Gasteiger charge is -2.57. The van der Waals surface area contributed by atoms with Gasteiger partial charge in [-0.3, -0.25) is 9.78 Å². The number of aliphatic carboxylic acids is 1. The van der Waals surface area contributed by atoms with E-state index in [1.165, 1.54) is 37.7 Å². The fourth-order valence-corrected chi connectivity index (χ4v) is 7.18. The summed E-state index contributed by atoms with van der Waals surface area (Å²) in [4.78, 5) is 13.4. The Kier molecular flexibility index (Phi) is 7.02. The summed E-state index contributed by atoms with van der Waals surface area (Å²) in [5.74, 6) is 1.52. The monoisotopic (exact) mass is 445 g/mol. The summed E-state index contributed by atoms with van der Waals surface area (Å²) in [6.45, 7) is 6.11. The van der Waals surface area contributed by atoms with Crippen LogP contribution in [0.3, 0.4) is 0 Å². The molecule has 0 bridgehead atoms. The van der Waals surface area contributed by atoms with Gasteiger partial charge in [0, 0.05) is 19.3 Å². The predicted octanol–water partition coefficient (Wildman–Crippen LogP) is 5.91. The normalized spacial score (nSPS) is 38.1. The van der Waals surface area contributed by atoms with Gasteiger partial charge in [-0.25, -0.2) is 0 Å². The van der Waals surface area contributed by atoms with Crippen LogP contribution in [0.1, 0.15) is 71.3 Å². The molecule has 170 valence electrons. The van der Waals surface area contributed by atoms with Crippen molar-refractivity contribution in [1.82, 2.24) is 4.98 Å². The van der Waals surface area contributed by atoms with Crippen LogP contribution in [0.15, 0.2) is 42.3 Å². The van der Waals surface area contributed by atoms with Crippen LogP contribution in [-0.4, -0.2) is 27.3 Å². The van der Waals surface area contributed by atoms with Gasteiger partial charge >= 0.3 is 0 Å². The third-order valence-corrected chi connectivity index (χ3v) is 8.63. The van der Waals surface area contributed by atoms with Crippen molar-refractivity contribution >= 4 is 23.9 Å². The summed E-state index contributed by atoms with van der Waals surface area (Å²) < 4.78 is 0. The topological polar surface area (TPSA) is 70.4 Å². The maximum absolute atomic E-state index is 10.2. The van der Waals surface area contributed by atoms with Crippen LogP contribution < -0.4 is 0 Å². The molecule has 4 aliphatic rings. The molecular weight excluding hydrogens is 410 g/mol. The molecule has 31 heavy (non-hydrogen) atoms. The van der Waals surface area contributed by atoms with E-state index in [0.717, 1.165) is 37.5 Å². The average molecular weight is 446 g/mol. The molecule has 0 aliphatic heterocycles. The van der Waals surface area contributed by atoms with Crippen LogP contribution in [0.4, 0.5) is 0 Å². The Morgan fingerprint density at radius 1 is 1.10 bits per heavy atom.